The Labute approximate surface area is 222 Å². The van der Waals surface area contributed by atoms with E-state index in [4.69, 9.17) is 0 Å². The summed E-state index contributed by atoms with van der Waals surface area (Å²) in [6.45, 7) is 1.39. The zero-order chi connectivity index (χ0) is 26.9. The van der Waals surface area contributed by atoms with Crippen molar-refractivity contribution in [2.75, 3.05) is 24.2 Å². The number of fused-ring (bicyclic) bond motifs is 1. The summed E-state index contributed by atoms with van der Waals surface area (Å²) in [4.78, 5) is 14.7. The molecule has 1 saturated carbocycles. The number of hydrogen-bond donors (Lipinski definition) is 1. The van der Waals surface area contributed by atoms with Gasteiger partial charge in [-0.1, -0.05) is 25.3 Å². The molecule has 1 amide bonds. The van der Waals surface area contributed by atoms with Crippen molar-refractivity contribution >= 4 is 21.4 Å². The van der Waals surface area contributed by atoms with Crippen molar-refractivity contribution in [1.29, 1.82) is 0 Å². The summed E-state index contributed by atoms with van der Waals surface area (Å²) in [6, 6.07) is 7.51. The largest absolute Gasteiger partial charge is 0.324 e. The van der Waals surface area contributed by atoms with Crippen LogP contribution in [0.3, 0.4) is 0 Å². The number of nitrogens with one attached hydrogen (secondary N) is 1. The van der Waals surface area contributed by atoms with Gasteiger partial charge in [-0.2, -0.15) is 0 Å². The first-order valence-electron chi connectivity index (χ1n) is 13.7. The molecule has 1 N–H and O–H groups in total. The minimum absolute atomic E-state index is 0.0379. The molecule has 9 heteroatoms. The summed E-state index contributed by atoms with van der Waals surface area (Å²) in [5.74, 6) is -1.77. The SMILES string of the molecule is O=C(CC1CCN([C@H]2CC(S(=O)(=O)CC3CCCCC3)c3cc(F)ccc32)CC1)Nc1ccc(F)cc1F. The van der Waals surface area contributed by atoms with Crippen LogP contribution in [0, 0.1) is 29.3 Å². The number of rotatable bonds is 7. The molecule has 1 saturated heterocycles. The summed E-state index contributed by atoms with van der Waals surface area (Å²) in [5.41, 5.74) is 1.46. The maximum atomic E-state index is 14.2. The number of benzene rings is 2. The highest BCUT2D eigenvalue weighted by atomic mass is 32.2. The van der Waals surface area contributed by atoms with Gasteiger partial charge in [-0.05, 0) is 92.4 Å². The Morgan fingerprint density at radius 1 is 0.868 bits per heavy atom. The third-order valence-corrected chi connectivity index (χ3v) is 10.8. The number of hydrogen-bond acceptors (Lipinski definition) is 4. The van der Waals surface area contributed by atoms with Gasteiger partial charge in [-0.25, -0.2) is 21.6 Å². The molecule has 206 valence electrons. The molecular weight excluding hydrogens is 513 g/mol. The third kappa shape index (κ3) is 6.09. The number of anilines is 1. The second-order valence-electron chi connectivity index (χ2n) is 11.2. The molecule has 38 heavy (non-hydrogen) atoms. The summed E-state index contributed by atoms with van der Waals surface area (Å²) >= 11 is 0. The predicted octanol–water partition coefficient (Wildman–Crippen LogP) is 6.33. The van der Waals surface area contributed by atoms with E-state index in [-0.39, 0.29) is 41.6 Å². The highest BCUT2D eigenvalue weighted by Crippen LogP contribution is 2.48. The van der Waals surface area contributed by atoms with E-state index >= 15 is 0 Å². The summed E-state index contributed by atoms with van der Waals surface area (Å²) in [5, 5.41) is 1.84. The quantitative estimate of drug-likeness (QED) is 0.439. The van der Waals surface area contributed by atoms with Gasteiger partial charge in [0.15, 0.2) is 9.84 Å². The summed E-state index contributed by atoms with van der Waals surface area (Å²) in [7, 11) is -3.42. The highest BCUT2D eigenvalue weighted by molar-refractivity contribution is 7.91. The van der Waals surface area contributed by atoms with Gasteiger partial charge in [0.05, 0.1) is 16.7 Å². The van der Waals surface area contributed by atoms with Crippen LogP contribution in [-0.2, 0) is 14.6 Å². The van der Waals surface area contributed by atoms with Crippen LogP contribution in [0.2, 0.25) is 0 Å². The number of carbonyl (C=O) groups excluding carboxylic acids is 1. The van der Waals surface area contributed by atoms with Crippen LogP contribution in [0.5, 0.6) is 0 Å². The molecule has 2 aliphatic carbocycles. The molecule has 3 aliphatic rings. The Morgan fingerprint density at radius 3 is 2.26 bits per heavy atom. The number of sulfone groups is 1. The van der Waals surface area contributed by atoms with Crippen molar-refractivity contribution in [3.8, 4) is 0 Å². The molecule has 5 rings (SSSR count). The molecule has 2 aromatic carbocycles. The number of carbonyl (C=O) groups is 1. The predicted molar refractivity (Wildman–Crippen MR) is 141 cm³/mol. The lowest BCUT2D eigenvalue weighted by atomic mass is 9.91. The zero-order valence-electron chi connectivity index (χ0n) is 21.5. The summed E-state index contributed by atoms with van der Waals surface area (Å²) < 4.78 is 68.3. The lowest BCUT2D eigenvalue weighted by molar-refractivity contribution is -0.117. The highest BCUT2D eigenvalue weighted by Gasteiger charge is 2.43. The van der Waals surface area contributed by atoms with E-state index in [9.17, 15) is 26.4 Å². The standard InChI is InChI=1S/C29H35F3N2O3S/c30-21-6-8-23-24(15-21)28(38(36,37)18-20-4-2-1-3-5-20)17-27(23)34-12-10-19(11-13-34)14-29(35)33-26-9-7-22(31)16-25(26)32/h6-9,15-16,19-20,27-28H,1-5,10-14,17-18H2,(H,33,35)/t27-,28?/m0/s1. The van der Waals surface area contributed by atoms with Crippen LogP contribution in [0.15, 0.2) is 36.4 Å². The van der Waals surface area contributed by atoms with Crippen molar-refractivity contribution in [2.45, 2.75) is 69.1 Å². The fourth-order valence-electron chi connectivity index (χ4n) is 6.59. The number of halogens is 3. The smallest absolute Gasteiger partial charge is 0.224 e. The van der Waals surface area contributed by atoms with Gasteiger partial charge in [0.2, 0.25) is 5.91 Å². The Kier molecular flexibility index (Phi) is 8.14. The van der Waals surface area contributed by atoms with Crippen LogP contribution in [0.25, 0.3) is 0 Å². The van der Waals surface area contributed by atoms with Gasteiger partial charge in [-0.3, -0.25) is 9.69 Å². The second-order valence-corrected chi connectivity index (χ2v) is 13.4. The third-order valence-electron chi connectivity index (χ3n) is 8.59. The van der Waals surface area contributed by atoms with Crippen LogP contribution >= 0.6 is 0 Å². The lowest BCUT2D eigenvalue weighted by Gasteiger charge is -2.36. The molecule has 0 spiro atoms. The van der Waals surface area contributed by atoms with E-state index in [0.29, 0.717) is 25.1 Å². The van der Waals surface area contributed by atoms with Crippen molar-refractivity contribution in [3.63, 3.8) is 0 Å². The van der Waals surface area contributed by atoms with Crippen molar-refractivity contribution in [2.24, 2.45) is 11.8 Å². The van der Waals surface area contributed by atoms with Gasteiger partial charge in [0.1, 0.15) is 17.5 Å². The molecule has 0 bridgehead atoms. The molecule has 1 heterocycles. The molecule has 2 fully saturated rings. The molecular formula is C29H35F3N2O3S. The van der Waals surface area contributed by atoms with E-state index in [0.717, 1.165) is 62.6 Å². The first-order valence-corrected chi connectivity index (χ1v) is 15.4. The van der Waals surface area contributed by atoms with Gasteiger partial charge < -0.3 is 5.32 Å². The Balaban J connectivity index is 1.22. The van der Waals surface area contributed by atoms with Gasteiger partial charge >= 0.3 is 0 Å². The number of piperidine rings is 1. The van der Waals surface area contributed by atoms with Crippen LogP contribution in [-0.4, -0.2) is 38.1 Å². The van der Waals surface area contributed by atoms with E-state index < -0.39 is 32.5 Å². The van der Waals surface area contributed by atoms with Crippen LogP contribution < -0.4 is 5.32 Å². The van der Waals surface area contributed by atoms with Gasteiger partial charge in [0, 0.05) is 18.5 Å². The maximum Gasteiger partial charge on any atom is 0.224 e. The molecule has 0 radical (unpaired) electrons. The number of nitrogens with zero attached hydrogens (tertiary/aromatic N) is 1. The normalized spacial score (nSPS) is 23.3. The van der Waals surface area contributed by atoms with E-state index in [2.05, 4.69) is 10.2 Å². The average Bonchev–Trinajstić information content (AvgIpc) is 3.26. The Hall–Kier alpha value is -2.39. The zero-order valence-corrected chi connectivity index (χ0v) is 22.3. The van der Waals surface area contributed by atoms with Crippen LogP contribution in [0.1, 0.15) is 80.2 Å². The van der Waals surface area contributed by atoms with E-state index in [1.807, 2.05) is 0 Å². The van der Waals surface area contributed by atoms with E-state index in [1.165, 1.54) is 18.2 Å². The van der Waals surface area contributed by atoms with Gasteiger partial charge in [-0.15, -0.1) is 0 Å². The topological polar surface area (TPSA) is 66.5 Å². The summed E-state index contributed by atoms with van der Waals surface area (Å²) in [6.07, 6.45) is 7.35. The molecule has 1 aliphatic heterocycles. The second kappa shape index (κ2) is 11.4. The molecule has 2 atom stereocenters. The average molecular weight is 549 g/mol. The fourth-order valence-corrected chi connectivity index (χ4v) is 8.88. The monoisotopic (exact) mass is 548 g/mol. The maximum absolute atomic E-state index is 14.2. The van der Waals surface area contributed by atoms with Gasteiger partial charge in [0.25, 0.3) is 0 Å². The Morgan fingerprint density at radius 2 is 1.55 bits per heavy atom. The fraction of sp³-hybridized carbons (Fsp3) is 0.552. The minimum atomic E-state index is -3.42. The van der Waals surface area contributed by atoms with E-state index in [1.54, 1.807) is 6.07 Å². The molecule has 2 aromatic rings. The minimum Gasteiger partial charge on any atom is -0.324 e. The molecule has 5 nitrogen and oxygen atoms in total. The molecule has 0 aromatic heterocycles. The number of amides is 1. The molecule has 1 unspecified atom stereocenters. The van der Waals surface area contributed by atoms with Crippen molar-refractivity contribution in [1.82, 2.24) is 4.90 Å². The van der Waals surface area contributed by atoms with Crippen molar-refractivity contribution < 1.29 is 26.4 Å². The van der Waals surface area contributed by atoms with Crippen molar-refractivity contribution in [3.05, 3.63) is 65.0 Å². The van der Waals surface area contributed by atoms with Crippen LogP contribution in [0.4, 0.5) is 18.9 Å². The first-order chi connectivity index (χ1) is 18.2. The first kappa shape index (κ1) is 27.2. The lowest BCUT2D eigenvalue weighted by Crippen LogP contribution is -2.37. The Bertz CT molecular complexity index is 1270. The number of likely N-dealkylation sites (tertiary alicyclic amines) is 1.